The van der Waals surface area contributed by atoms with Crippen molar-refractivity contribution in [2.24, 2.45) is 0 Å². The number of thioether (sulfide) groups is 1. The zero-order chi connectivity index (χ0) is 18.4. The van der Waals surface area contributed by atoms with Crippen molar-refractivity contribution in [1.29, 1.82) is 0 Å². The van der Waals surface area contributed by atoms with E-state index < -0.39 is 0 Å². The number of hydrogen-bond acceptors (Lipinski definition) is 8. The molecule has 26 heavy (non-hydrogen) atoms. The van der Waals surface area contributed by atoms with E-state index in [9.17, 15) is 4.79 Å². The lowest BCUT2D eigenvalue weighted by molar-refractivity contribution is -0.115. The van der Waals surface area contributed by atoms with E-state index in [0.717, 1.165) is 18.6 Å². The van der Waals surface area contributed by atoms with E-state index in [-0.39, 0.29) is 11.2 Å². The monoisotopic (exact) mass is 376 g/mol. The van der Waals surface area contributed by atoms with Crippen molar-refractivity contribution in [1.82, 2.24) is 25.4 Å². The molecule has 3 aromatic heterocycles. The summed E-state index contributed by atoms with van der Waals surface area (Å²) in [6.45, 7) is 4.27. The van der Waals surface area contributed by atoms with Crippen LogP contribution in [0.2, 0.25) is 0 Å². The quantitative estimate of drug-likeness (QED) is 0.567. The summed E-state index contributed by atoms with van der Waals surface area (Å²) in [7, 11) is 0. The summed E-state index contributed by atoms with van der Waals surface area (Å²) >= 11 is 1.33. The van der Waals surface area contributed by atoms with Gasteiger partial charge >= 0.3 is 0 Å². The molecule has 138 valence electrons. The molecular formula is C16H20N6O3S. The van der Waals surface area contributed by atoms with Gasteiger partial charge in [0.1, 0.15) is 18.1 Å². The molecule has 0 spiro atoms. The molecule has 1 N–H and O–H groups in total. The van der Waals surface area contributed by atoms with E-state index in [1.807, 2.05) is 12.1 Å². The van der Waals surface area contributed by atoms with Crippen molar-refractivity contribution in [2.75, 3.05) is 5.32 Å². The maximum absolute atomic E-state index is 12.7. The van der Waals surface area contributed by atoms with Gasteiger partial charge in [0.2, 0.25) is 11.1 Å². The fraction of sp³-hybridized carbons (Fsp3) is 0.438. The van der Waals surface area contributed by atoms with Crippen LogP contribution in [0.15, 0.2) is 38.6 Å². The number of carbonyl (C=O) groups excluding carboxylic acids is 1. The Labute approximate surface area is 154 Å². The third kappa shape index (κ3) is 4.72. The topological polar surface area (TPSA) is 112 Å². The normalized spacial score (nSPS) is 12.2. The third-order valence-corrected chi connectivity index (χ3v) is 4.86. The molecule has 0 bridgehead atoms. The van der Waals surface area contributed by atoms with Gasteiger partial charge in [0.05, 0.1) is 11.5 Å². The molecule has 0 aromatic carbocycles. The van der Waals surface area contributed by atoms with Crippen molar-refractivity contribution in [3.05, 3.63) is 36.0 Å². The van der Waals surface area contributed by atoms with Crippen LogP contribution in [-0.2, 0) is 11.3 Å². The van der Waals surface area contributed by atoms with Crippen LogP contribution in [0.4, 0.5) is 5.82 Å². The fourth-order valence-electron chi connectivity index (χ4n) is 2.32. The molecule has 3 heterocycles. The Balaban J connectivity index is 1.70. The zero-order valence-electron chi connectivity index (χ0n) is 14.6. The average Bonchev–Trinajstić information content (AvgIpc) is 3.36. The number of nitrogens with zero attached hydrogens (tertiary/aromatic N) is 5. The summed E-state index contributed by atoms with van der Waals surface area (Å²) in [5.41, 5.74) is 0. The third-order valence-electron chi connectivity index (χ3n) is 3.62. The van der Waals surface area contributed by atoms with Crippen LogP contribution < -0.4 is 5.32 Å². The summed E-state index contributed by atoms with van der Waals surface area (Å²) in [4.78, 5) is 12.7. The summed E-state index contributed by atoms with van der Waals surface area (Å²) < 4.78 is 11.9. The minimum atomic E-state index is -0.340. The molecule has 9 nitrogen and oxygen atoms in total. The standard InChI is InChI=1S/C16H20N6O3S/c1-3-4-7-13(15(23)17-14-9-11(2)25-19-14)26-16-18-20-21-22(16)10-12-6-5-8-24-12/h5-6,8-9,13H,3-4,7,10H2,1-2H3,(H,17,19,23). The van der Waals surface area contributed by atoms with Crippen molar-refractivity contribution in [3.8, 4) is 0 Å². The van der Waals surface area contributed by atoms with Gasteiger partial charge in [0.25, 0.3) is 0 Å². The van der Waals surface area contributed by atoms with Gasteiger partial charge in [-0.15, -0.1) is 5.10 Å². The summed E-state index contributed by atoms with van der Waals surface area (Å²) in [6, 6.07) is 5.34. The number of furan rings is 1. The van der Waals surface area contributed by atoms with Gasteiger partial charge in [-0.05, 0) is 35.9 Å². The highest BCUT2D eigenvalue weighted by Crippen LogP contribution is 2.26. The number of aryl methyl sites for hydroxylation is 1. The van der Waals surface area contributed by atoms with Crippen LogP contribution in [0.1, 0.15) is 37.7 Å². The summed E-state index contributed by atoms with van der Waals surface area (Å²) in [5, 5.41) is 18.6. The lowest BCUT2D eigenvalue weighted by Gasteiger charge is -2.14. The molecule has 0 aliphatic carbocycles. The van der Waals surface area contributed by atoms with Crippen molar-refractivity contribution < 1.29 is 13.7 Å². The maximum Gasteiger partial charge on any atom is 0.239 e. The predicted octanol–water partition coefficient (Wildman–Crippen LogP) is 2.90. The van der Waals surface area contributed by atoms with Gasteiger partial charge in [-0.3, -0.25) is 4.79 Å². The molecule has 0 saturated carbocycles. The molecule has 0 saturated heterocycles. The number of tetrazole rings is 1. The van der Waals surface area contributed by atoms with E-state index in [1.165, 1.54) is 11.8 Å². The Kier molecular flexibility index (Phi) is 6.05. The number of nitrogens with one attached hydrogen (secondary N) is 1. The van der Waals surface area contributed by atoms with Gasteiger partial charge in [0.15, 0.2) is 5.82 Å². The Morgan fingerprint density at radius 1 is 1.46 bits per heavy atom. The second kappa shape index (κ2) is 8.65. The predicted molar refractivity (Wildman–Crippen MR) is 94.7 cm³/mol. The molecule has 10 heteroatoms. The smallest absolute Gasteiger partial charge is 0.239 e. The molecule has 0 radical (unpaired) electrons. The van der Waals surface area contributed by atoms with Crippen LogP contribution >= 0.6 is 11.8 Å². The van der Waals surface area contributed by atoms with Gasteiger partial charge < -0.3 is 14.3 Å². The van der Waals surface area contributed by atoms with Crippen molar-refractivity contribution in [3.63, 3.8) is 0 Å². The second-order valence-corrected chi connectivity index (χ2v) is 6.93. The number of amides is 1. The van der Waals surface area contributed by atoms with Gasteiger partial charge in [-0.1, -0.05) is 36.7 Å². The second-order valence-electron chi connectivity index (χ2n) is 5.76. The molecule has 0 aliphatic heterocycles. The fourth-order valence-corrected chi connectivity index (χ4v) is 3.33. The zero-order valence-corrected chi connectivity index (χ0v) is 15.4. The molecular weight excluding hydrogens is 356 g/mol. The highest BCUT2D eigenvalue weighted by Gasteiger charge is 2.24. The lowest BCUT2D eigenvalue weighted by Crippen LogP contribution is -2.26. The van der Waals surface area contributed by atoms with Crippen molar-refractivity contribution in [2.45, 2.75) is 50.1 Å². The van der Waals surface area contributed by atoms with E-state index in [2.05, 4.69) is 32.9 Å². The number of hydrogen-bond donors (Lipinski definition) is 1. The Morgan fingerprint density at radius 2 is 2.35 bits per heavy atom. The molecule has 1 atom stereocenters. The molecule has 3 aromatic rings. The molecule has 3 rings (SSSR count). The minimum Gasteiger partial charge on any atom is -0.467 e. The van der Waals surface area contributed by atoms with E-state index in [4.69, 9.17) is 8.94 Å². The minimum absolute atomic E-state index is 0.149. The molecule has 1 unspecified atom stereocenters. The van der Waals surface area contributed by atoms with Gasteiger partial charge in [0, 0.05) is 6.07 Å². The first-order valence-electron chi connectivity index (χ1n) is 8.35. The summed E-state index contributed by atoms with van der Waals surface area (Å²) in [6.07, 6.45) is 4.22. The first-order valence-corrected chi connectivity index (χ1v) is 9.23. The molecule has 0 aliphatic rings. The van der Waals surface area contributed by atoms with E-state index in [0.29, 0.717) is 29.7 Å². The Hall–Kier alpha value is -2.62. The number of unbranched alkanes of at least 4 members (excludes halogenated alkanes) is 1. The number of anilines is 1. The van der Waals surface area contributed by atoms with E-state index >= 15 is 0 Å². The average molecular weight is 376 g/mol. The van der Waals surface area contributed by atoms with Gasteiger partial charge in [-0.25, -0.2) is 4.68 Å². The number of aromatic nitrogens is 5. The number of rotatable bonds is 9. The molecule has 1 amide bonds. The summed E-state index contributed by atoms with van der Waals surface area (Å²) in [5.74, 6) is 1.64. The first-order chi connectivity index (χ1) is 12.7. The largest absolute Gasteiger partial charge is 0.467 e. The lowest BCUT2D eigenvalue weighted by atomic mass is 10.2. The van der Waals surface area contributed by atoms with Crippen molar-refractivity contribution >= 4 is 23.5 Å². The van der Waals surface area contributed by atoms with Crippen LogP contribution in [0, 0.1) is 6.92 Å². The Morgan fingerprint density at radius 3 is 3.04 bits per heavy atom. The van der Waals surface area contributed by atoms with Crippen LogP contribution in [-0.4, -0.2) is 36.5 Å². The molecule has 0 fully saturated rings. The van der Waals surface area contributed by atoms with Crippen LogP contribution in [0.25, 0.3) is 0 Å². The highest BCUT2D eigenvalue weighted by atomic mass is 32.2. The van der Waals surface area contributed by atoms with Crippen LogP contribution in [0.5, 0.6) is 0 Å². The Bertz CT molecular complexity index is 829. The van der Waals surface area contributed by atoms with E-state index in [1.54, 1.807) is 23.9 Å². The maximum atomic E-state index is 12.7. The first kappa shape index (κ1) is 18.2. The number of carbonyl (C=O) groups is 1. The van der Waals surface area contributed by atoms with Gasteiger partial charge in [-0.2, -0.15) is 0 Å². The highest BCUT2D eigenvalue weighted by molar-refractivity contribution is 8.00. The SMILES string of the molecule is CCCCC(Sc1nnnn1Cc1ccco1)C(=O)Nc1cc(C)on1. The van der Waals surface area contributed by atoms with Crippen LogP contribution in [0.3, 0.4) is 0 Å².